The van der Waals surface area contributed by atoms with Gasteiger partial charge in [0, 0.05) is 31.9 Å². The number of nitrogens with one attached hydrogen (secondary N) is 1. The molecule has 2 rings (SSSR count). The monoisotopic (exact) mass is 499 g/mol. The molecule has 33 heavy (non-hydrogen) atoms. The molecule has 1 N–H and O–H groups in total. The number of rotatable bonds is 8. The highest BCUT2D eigenvalue weighted by atomic mass is 35.5. The summed E-state index contributed by atoms with van der Waals surface area (Å²) < 4.78 is 34.9. The van der Waals surface area contributed by atoms with E-state index < -0.39 is 45.1 Å². The van der Waals surface area contributed by atoms with Crippen molar-refractivity contribution in [3.63, 3.8) is 0 Å². The van der Waals surface area contributed by atoms with Crippen molar-refractivity contribution < 1.29 is 37.2 Å². The molecule has 0 saturated carbocycles. The molecular weight excluding hydrogens is 482 g/mol. The summed E-state index contributed by atoms with van der Waals surface area (Å²) >= 11 is 5.94. The van der Waals surface area contributed by atoms with Crippen LogP contribution in [0.15, 0.2) is 41.3 Å². The Hall–Kier alpha value is -3.55. The summed E-state index contributed by atoms with van der Waals surface area (Å²) in [5.41, 5.74) is -1.07. The van der Waals surface area contributed by atoms with Crippen LogP contribution >= 0.6 is 11.6 Å². The maximum absolute atomic E-state index is 12.3. The van der Waals surface area contributed by atoms with Crippen molar-refractivity contribution in [3.8, 4) is 0 Å². The van der Waals surface area contributed by atoms with Gasteiger partial charge in [-0.3, -0.25) is 14.9 Å². The molecule has 0 aliphatic rings. The Morgan fingerprint density at radius 3 is 2.24 bits per heavy atom. The summed E-state index contributed by atoms with van der Waals surface area (Å²) in [5, 5.41) is 13.4. The maximum atomic E-state index is 12.3. The number of ether oxygens (including phenoxy) is 2. The fraction of sp³-hybridized carbons (Fsp3) is 0.211. The lowest BCUT2D eigenvalue weighted by Crippen LogP contribution is -2.23. The number of carbonyl (C=O) groups excluding carboxylic acids is 3. The second-order valence-corrected chi connectivity index (χ2v) is 9.10. The van der Waals surface area contributed by atoms with Gasteiger partial charge in [-0.2, -0.15) is 0 Å². The van der Waals surface area contributed by atoms with E-state index >= 15 is 0 Å². The van der Waals surface area contributed by atoms with Crippen molar-refractivity contribution in [1.82, 2.24) is 4.31 Å². The molecule has 0 unspecified atom stereocenters. The van der Waals surface area contributed by atoms with Gasteiger partial charge in [-0.05, 0) is 24.3 Å². The molecule has 1 amide bonds. The Balaban J connectivity index is 2.15. The number of hydrogen-bond acceptors (Lipinski definition) is 9. The molecule has 0 atom stereocenters. The van der Waals surface area contributed by atoms with Crippen LogP contribution in [0.25, 0.3) is 0 Å². The predicted octanol–water partition coefficient (Wildman–Crippen LogP) is 2.08. The van der Waals surface area contributed by atoms with Gasteiger partial charge in [0.25, 0.3) is 11.6 Å². The summed E-state index contributed by atoms with van der Waals surface area (Å²) in [7, 11) is -0.185. The van der Waals surface area contributed by atoms with E-state index in [1.807, 2.05) is 0 Å². The third-order valence-corrected chi connectivity index (χ3v) is 6.39. The lowest BCUT2D eigenvalue weighted by atomic mass is 10.1. The van der Waals surface area contributed by atoms with E-state index in [1.165, 1.54) is 26.2 Å². The first-order chi connectivity index (χ1) is 15.4. The molecule has 0 saturated heterocycles. The number of methoxy groups -OCH3 is 1. The summed E-state index contributed by atoms with van der Waals surface area (Å²) in [6.07, 6.45) is 0. The second kappa shape index (κ2) is 10.4. The van der Waals surface area contributed by atoms with Crippen molar-refractivity contribution in [3.05, 3.63) is 62.7 Å². The zero-order valence-electron chi connectivity index (χ0n) is 17.5. The van der Waals surface area contributed by atoms with Crippen LogP contribution in [0.3, 0.4) is 0 Å². The molecule has 12 nitrogen and oxygen atoms in total. The largest absolute Gasteiger partial charge is 0.465 e. The van der Waals surface area contributed by atoms with Crippen LogP contribution in [0, 0.1) is 10.1 Å². The number of nitro groups is 1. The van der Waals surface area contributed by atoms with Gasteiger partial charge >= 0.3 is 11.9 Å². The summed E-state index contributed by atoms with van der Waals surface area (Å²) in [6, 6.07) is 6.59. The predicted molar refractivity (Wildman–Crippen MR) is 116 cm³/mol. The third-order valence-electron chi connectivity index (χ3n) is 4.09. The number of non-ortho nitro benzene ring substituents is 1. The van der Waals surface area contributed by atoms with Gasteiger partial charge in [-0.25, -0.2) is 22.3 Å². The number of nitro benzene ring substituents is 1. The minimum absolute atomic E-state index is 0.0554. The first-order valence-corrected chi connectivity index (χ1v) is 10.8. The summed E-state index contributed by atoms with van der Waals surface area (Å²) in [5.74, 6) is -2.83. The van der Waals surface area contributed by atoms with Crippen LogP contribution in [-0.2, 0) is 24.3 Å². The molecule has 0 aliphatic heterocycles. The highest BCUT2D eigenvalue weighted by molar-refractivity contribution is 7.89. The highest BCUT2D eigenvalue weighted by Gasteiger charge is 2.22. The smallest absolute Gasteiger partial charge is 0.338 e. The number of carbonyl (C=O) groups is 3. The molecule has 0 bridgehead atoms. The van der Waals surface area contributed by atoms with Crippen molar-refractivity contribution in [2.75, 3.05) is 33.1 Å². The number of nitrogens with zero attached hydrogens (tertiary/aromatic N) is 2. The number of amides is 1. The van der Waals surface area contributed by atoms with Gasteiger partial charge < -0.3 is 14.8 Å². The highest BCUT2D eigenvalue weighted by Crippen LogP contribution is 2.27. The van der Waals surface area contributed by atoms with Gasteiger partial charge in [-0.15, -0.1) is 0 Å². The van der Waals surface area contributed by atoms with Crippen molar-refractivity contribution in [2.24, 2.45) is 0 Å². The molecule has 0 heterocycles. The van der Waals surface area contributed by atoms with Gasteiger partial charge in [0.1, 0.15) is 4.90 Å². The first-order valence-electron chi connectivity index (χ1n) is 8.93. The number of sulfonamides is 1. The minimum Gasteiger partial charge on any atom is -0.465 e. The van der Waals surface area contributed by atoms with E-state index in [1.54, 1.807) is 0 Å². The van der Waals surface area contributed by atoms with Crippen LogP contribution in [0.2, 0.25) is 5.02 Å². The zero-order valence-corrected chi connectivity index (χ0v) is 19.1. The Kier molecular flexibility index (Phi) is 8.08. The Labute approximate surface area is 193 Å². The average Bonchev–Trinajstić information content (AvgIpc) is 2.77. The van der Waals surface area contributed by atoms with E-state index in [4.69, 9.17) is 16.3 Å². The normalized spacial score (nSPS) is 11.1. The van der Waals surface area contributed by atoms with E-state index in [0.29, 0.717) is 0 Å². The Morgan fingerprint density at radius 2 is 1.70 bits per heavy atom. The average molecular weight is 500 g/mol. The molecular formula is C19H18ClN3O9S. The topological polar surface area (TPSA) is 162 Å². The third kappa shape index (κ3) is 6.25. The summed E-state index contributed by atoms with van der Waals surface area (Å²) in [4.78, 5) is 46.1. The molecule has 0 aliphatic carbocycles. The fourth-order valence-electron chi connectivity index (χ4n) is 2.46. The second-order valence-electron chi connectivity index (χ2n) is 6.57. The number of hydrogen-bond donors (Lipinski definition) is 1. The first kappa shape index (κ1) is 25.7. The van der Waals surface area contributed by atoms with E-state index in [0.717, 1.165) is 35.7 Å². The fourth-order valence-corrected chi connectivity index (χ4v) is 3.85. The molecule has 0 radical (unpaired) electrons. The van der Waals surface area contributed by atoms with Gasteiger partial charge in [-0.1, -0.05) is 11.6 Å². The van der Waals surface area contributed by atoms with Crippen LogP contribution < -0.4 is 5.32 Å². The van der Waals surface area contributed by atoms with E-state index in [9.17, 15) is 32.9 Å². The summed E-state index contributed by atoms with van der Waals surface area (Å²) in [6.45, 7) is -0.798. The lowest BCUT2D eigenvalue weighted by Gasteiger charge is -2.14. The quantitative estimate of drug-likeness (QED) is 0.325. The van der Waals surface area contributed by atoms with Crippen LogP contribution in [0.1, 0.15) is 20.7 Å². The van der Waals surface area contributed by atoms with Crippen LogP contribution in [-0.4, -0.2) is 63.3 Å². The minimum atomic E-state index is -3.88. The number of anilines is 1. The SMILES string of the molecule is COC(=O)c1cc(C(=O)OCC(=O)Nc2ccc(Cl)c(S(=O)(=O)N(C)C)c2)cc([N+](=O)[O-])c1. The maximum Gasteiger partial charge on any atom is 0.338 e. The lowest BCUT2D eigenvalue weighted by molar-refractivity contribution is -0.384. The van der Waals surface area contributed by atoms with Crippen molar-refractivity contribution in [1.29, 1.82) is 0 Å². The van der Waals surface area contributed by atoms with Gasteiger partial charge in [0.05, 0.1) is 28.2 Å². The van der Waals surface area contributed by atoms with Gasteiger partial charge in [0.2, 0.25) is 10.0 Å². The zero-order chi connectivity index (χ0) is 24.9. The van der Waals surface area contributed by atoms with Gasteiger partial charge in [0.15, 0.2) is 6.61 Å². The molecule has 0 fully saturated rings. The molecule has 14 heteroatoms. The molecule has 0 spiro atoms. The van der Waals surface area contributed by atoms with Crippen molar-refractivity contribution in [2.45, 2.75) is 4.90 Å². The Bertz CT molecular complexity index is 1230. The number of esters is 2. The molecule has 176 valence electrons. The van der Waals surface area contributed by atoms with E-state index in [2.05, 4.69) is 10.1 Å². The van der Waals surface area contributed by atoms with Crippen molar-refractivity contribution >= 4 is 50.8 Å². The molecule has 2 aromatic carbocycles. The number of benzene rings is 2. The molecule has 2 aromatic rings. The number of halogens is 1. The van der Waals surface area contributed by atoms with Crippen LogP contribution in [0.4, 0.5) is 11.4 Å². The van der Waals surface area contributed by atoms with Crippen LogP contribution in [0.5, 0.6) is 0 Å². The van der Waals surface area contributed by atoms with E-state index in [-0.39, 0.29) is 26.7 Å². The molecule has 0 aromatic heterocycles. The Morgan fingerprint density at radius 1 is 1.09 bits per heavy atom. The standard InChI is InChI=1S/C19H18ClN3O9S/c1-22(2)33(29,30)16-9-13(4-5-15(16)20)21-17(24)10-32-19(26)12-6-11(18(25)31-3)7-14(8-12)23(27)28/h4-9H,10H2,1-3H3,(H,21,24).